The lowest BCUT2D eigenvalue weighted by atomic mass is 10.4. The highest BCUT2D eigenvalue weighted by Gasteiger charge is 1.95. The lowest BCUT2D eigenvalue weighted by Gasteiger charge is -2.02. The Balaban J connectivity index is 0.000000606. The smallest absolute Gasteiger partial charge is 0.181 e. The van der Waals surface area contributed by atoms with E-state index in [1.165, 1.54) is 12.1 Å². The predicted octanol–water partition coefficient (Wildman–Crippen LogP) is 1.96. The van der Waals surface area contributed by atoms with E-state index in [0.29, 0.717) is 5.82 Å². The van der Waals surface area contributed by atoms with Gasteiger partial charge in [0.25, 0.3) is 0 Å². The minimum atomic E-state index is -0.0127. The van der Waals surface area contributed by atoms with Crippen LogP contribution in [0.1, 0.15) is 19.5 Å². The van der Waals surface area contributed by atoms with Gasteiger partial charge in [0.15, 0.2) is 11.2 Å². The molecule has 4 heteroatoms. The van der Waals surface area contributed by atoms with Gasteiger partial charge in [0.2, 0.25) is 0 Å². The Labute approximate surface area is 94.6 Å². The van der Waals surface area contributed by atoms with Gasteiger partial charge in [0.1, 0.15) is 0 Å². The van der Waals surface area contributed by atoms with Crippen molar-refractivity contribution >= 4 is 0 Å². The van der Waals surface area contributed by atoms with Crippen LogP contribution in [-0.4, -0.2) is 14.8 Å². The van der Waals surface area contributed by atoms with Crippen molar-refractivity contribution in [1.29, 1.82) is 0 Å². The molecule has 0 aliphatic carbocycles. The van der Waals surface area contributed by atoms with Crippen LogP contribution in [0.3, 0.4) is 0 Å². The quantitative estimate of drug-likeness (QED) is 0.733. The van der Waals surface area contributed by atoms with Crippen LogP contribution < -0.4 is 5.43 Å². The normalized spacial score (nSPS) is 9.19. The second-order valence-corrected chi connectivity index (χ2v) is 2.97. The first-order valence-corrected chi connectivity index (χ1v) is 5.25. The highest BCUT2D eigenvalue weighted by atomic mass is 16.1. The third-order valence-corrected chi connectivity index (χ3v) is 1.85. The van der Waals surface area contributed by atoms with Gasteiger partial charge in [-0.2, -0.15) is 5.10 Å². The maximum absolute atomic E-state index is 10.9. The average molecular weight is 217 g/mol. The van der Waals surface area contributed by atoms with Gasteiger partial charge >= 0.3 is 0 Å². The minimum Gasteiger partial charge on any atom is -0.307 e. The fraction of sp³-hybridized carbons (Fsp3) is 0.250. The highest BCUT2D eigenvalue weighted by molar-refractivity contribution is 5.21. The summed E-state index contributed by atoms with van der Waals surface area (Å²) in [6.45, 7) is 5.88. The molecule has 0 saturated carbocycles. The fourth-order valence-electron chi connectivity index (χ4n) is 1.10. The molecule has 2 heterocycles. The molecular formula is C12H15N3O. The summed E-state index contributed by atoms with van der Waals surface area (Å²) < 4.78 is 1.74. The maximum Gasteiger partial charge on any atom is 0.181 e. The van der Waals surface area contributed by atoms with E-state index in [1.54, 1.807) is 17.0 Å². The lowest BCUT2D eigenvalue weighted by molar-refractivity contribution is 0.885. The van der Waals surface area contributed by atoms with Crippen LogP contribution in [-0.2, 0) is 0 Å². The number of nitrogens with zero attached hydrogens (tertiary/aromatic N) is 3. The van der Waals surface area contributed by atoms with Crippen LogP contribution in [0.25, 0.3) is 5.82 Å². The molecule has 0 aliphatic heterocycles. The number of hydrogen-bond donors (Lipinski definition) is 0. The van der Waals surface area contributed by atoms with E-state index < -0.39 is 0 Å². The monoisotopic (exact) mass is 217 g/mol. The molecule has 0 aliphatic rings. The average Bonchev–Trinajstić information content (AvgIpc) is 2.34. The van der Waals surface area contributed by atoms with Crippen molar-refractivity contribution in [3.05, 3.63) is 52.6 Å². The minimum absolute atomic E-state index is 0.0127. The SMILES string of the molecule is CC.Cc1ccc(-n2ccc(=O)cc2)nn1. The fourth-order valence-corrected chi connectivity index (χ4v) is 1.10. The Kier molecular flexibility index (Phi) is 4.39. The topological polar surface area (TPSA) is 47.8 Å². The van der Waals surface area contributed by atoms with Crippen molar-refractivity contribution in [3.63, 3.8) is 0 Å². The van der Waals surface area contributed by atoms with E-state index in [0.717, 1.165) is 5.69 Å². The van der Waals surface area contributed by atoms with E-state index in [4.69, 9.17) is 0 Å². The van der Waals surface area contributed by atoms with Gasteiger partial charge in [0.05, 0.1) is 5.69 Å². The van der Waals surface area contributed by atoms with Gasteiger partial charge < -0.3 is 4.57 Å². The molecule has 0 unspecified atom stereocenters. The molecule has 0 spiro atoms. The van der Waals surface area contributed by atoms with Gasteiger partial charge in [-0.05, 0) is 19.1 Å². The molecular weight excluding hydrogens is 202 g/mol. The zero-order valence-electron chi connectivity index (χ0n) is 9.71. The van der Waals surface area contributed by atoms with Crippen LogP contribution in [0.15, 0.2) is 41.5 Å². The first-order valence-electron chi connectivity index (χ1n) is 5.25. The van der Waals surface area contributed by atoms with Gasteiger partial charge in [-0.3, -0.25) is 4.79 Å². The largest absolute Gasteiger partial charge is 0.307 e. The van der Waals surface area contributed by atoms with Crippen LogP contribution in [0, 0.1) is 6.92 Å². The molecule has 0 amide bonds. The van der Waals surface area contributed by atoms with Crippen LogP contribution in [0.4, 0.5) is 0 Å². The number of hydrogen-bond acceptors (Lipinski definition) is 3. The Morgan fingerprint density at radius 1 is 1.00 bits per heavy atom. The summed E-state index contributed by atoms with van der Waals surface area (Å²) in [5.41, 5.74) is 0.858. The number of aromatic nitrogens is 3. The lowest BCUT2D eigenvalue weighted by Crippen LogP contribution is -2.04. The van der Waals surface area contributed by atoms with Crippen LogP contribution in [0.5, 0.6) is 0 Å². The Morgan fingerprint density at radius 3 is 2.12 bits per heavy atom. The van der Waals surface area contributed by atoms with Gasteiger partial charge in [-0.1, -0.05) is 13.8 Å². The summed E-state index contributed by atoms with van der Waals surface area (Å²) in [5, 5.41) is 7.92. The summed E-state index contributed by atoms with van der Waals surface area (Å²) in [4.78, 5) is 10.9. The molecule has 0 aromatic carbocycles. The van der Waals surface area contributed by atoms with Gasteiger partial charge in [0, 0.05) is 24.5 Å². The Bertz CT molecular complexity index is 468. The van der Waals surface area contributed by atoms with Gasteiger partial charge in [-0.25, -0.2) is 0 Å². The zero-order valence-corrected chi connectivity index (χ0v) is 9.71. The summed E-state index contributed by atoms with van der Waals surface area (Å²) in [5.74, 6) is 0.704. The van der Waals surface area contributed by atoms with Crippen molar-refractivity contribution in [2.24, 2.45) is 0 Å². The summed E-state index contributed by atoms with van der Waals surface area (Å²) in [6, 6.07) is 6.70. The Morgan fingerprint density at radius 2 is 1.62 bits per heavy atom. The van der Waals surface area contributed by atoms with E-state index >= 15 is 0 Å². The maximum atomic E-state index is 10.9. The summed E-state index contributed by atoms with van der Waals surface area (Å²) >= 11 is 0. The molecule has 0 atom stereocenters. The standard InChI is InChI=1S/C10H9N3O.C2H6/c1-8-2-3-10(12-11-8)13-6-4-9(14)5-7-13;1-2/h2-7H,1H3;1-2H3. The molecule has 0 saturated heterocycles. The van der Waals surface area contributed by atoms with Crippen molar-refractivity contribution in [3.8, 4) is 5.82 Å². The third-order valence-electron chi connectivity index (χ3n) is 1.85. The molecule has 2 rings (SSSR count). The Hall–Kier alpha value is -1.97. The van der Waals surface area contributed by atoms with Crippen LogP contribution >= 0.6 is 0 Å². The first kappa shape index (κ1) is 12.1. The second-order valence-electron chi connectivity index (χ2n) is 2.97. The van der Waals surface area contributed by atoms with Crippen molar-refractivity contribution in [1.82, 2.24) is 14.8 Å². The van der Waals surface area contributed by atoms with Crippen molar-refractivity contribution in [2.75, 3.05) is 0 Å². The van der Waals surface area contributed by atoms with E-state index in [1.807, 2.05) is 32.9 Å². The molecule has 0 N–H and O–H groups in total. The number of pyridine rings is 1. The van der Waals surface area contributed by atoms with Crippen LogP contribution in [0.2, 0.25) is 0 Å². The van der Waals surface area contributed by atoms with Gasteiger partial charge in [-0.15, -0.1) is 5.10 Å². The van der Waals surface area contributed by atoms with E-state index in [2.05, 4.69) is 10.2 Å². The predicted molar refractivity (Wildman–Crippen MR) is 63.7 cm³/mol. The molecule has 0 bridgehead atoms. The molecule has 16 heavy (non-hydrogen) atoms. The number of rotatable bonds is 1. The zero-order chi connectivity index (χ0) is 12.0. The molecule has 0 radical (unpaired) electrons. The molecule has 2 aromatic rings. The van der Waals surface area contributed by atoms with Crippen molar-refractivity contribution in [2.45, 2.75) is 20.8 Å². The van der Waals surface area contributed by atoms with E-state index in [-0.39, 0.29) is 5.43 Å². The molecule has 2 aromatic heterocycles. The molecule has 0 fully saturated rings. The van der Waals surface area contributed by atoms with Crippen molar-refractivity contribution < 1.29 is 0 Å². The highest BCUT2D eigenvalue weighted by Crippen LogP contribution is 2.00. The first-order chi connectivity index (χ1) is 7.75. The summed E-state index contributed by atoms with van der Waals surface area (Å²) in [7, 11) is 0. The molecule has 84 valence electrons. The molecule has 4 nitrogen and oxygen atoms in total. The summed E-state index contributed by atoms with van der Waals surface area (Å²) in [6.07, 6.45) is 3.34. The second kappa shape index (κ2) is 5.80. The third kappa shape index (κ3) is 3.02. The van der Waals surface area contributed by atoms with E-state index in [9.17, 15) is 4.79 Å². The number of aryl methyl sites for hydroxylation is 1.